The molecule has 1 amide bonds. The van der Waals surface area contributed by atoms with E-state index in [0.717, 1.165) is 77.0 Å². The molecule has 5 aromatic rings. The predicted octanol–water partition coefficient (Wildman–Crippen LogP) is 9.65. The normalized spacial score (nSPS) is 17.6. The second-order valence-electron chi connectivity index (χ2n) is 17.9. The number of likely N-dealkylation sites (tertiary alicyclic amines) is 1. The standard InChI is InChI=1S/C49H57N5O6S/c1-6-58-43(55)31-53-26-23-49(24-27-53)22-19-33(29-49)21-28-59-40-15-10-12-35(32(40)2)36-17-18-42(51-44(36)46(57)60-48(3,4)5)54-25-20-34-11-9-13-37(38(34)30-54)45(56)52-47-50-39-14-7-8-16-41(39)61-47/h7-18,33H,6,19-31H2,1-5H3,(H,50,52,56)/t33-/m1/s1. The van der Waals surface area contributed by atoms with Crippen LogP contribution in [0.15, 0.2) is 72.8 Å². The number of carbonyl (C=O) groups is 3. The third kappa shape index (κ3) is 9.76. The van der Waals surface area contributed by atoms with Crippen molar-refractivity contribution in [3.63, 3.8) is 0 Å². The van der Waals surface area contributed by atoms with Gasteiger partial charge in [-0.25, -0.2) is 14.8 Å². The Balaban J connectivity index is 0.962. The maximum atomic E-state index is 14.0. The fourth-order valence-corrected chi connectivity index (χ4v) is 10.3. The van der Waals surface area contributed by atoms with E-state index < -0.39 is 11.6 Å². The smallest absolute Gasteiger partial charge is 0.358 e. The van der Waals surface area contributed by atoms with E-state index in [4.69, 9.17) is 19.2 Å². The van der Waals surface area contributed by atoms with Crippen molar-refractivity contribution in [3.8, 4) is 16.9 Å². The van der Waals surface area contributed by atoms with Crippen LogP contribution in [0.25, 0.3) is 21.3 Å². The minimum atomic E-state index is -0.722. The number of nitrogens with one attached hydrogen (secondary N) is 1. The number of amides is 1. The number of hydrogen-bond donors (Lipinski definition) is 1. The lowest BCUT2D eigenvalue weighted by Crippen LogP contribution is -2.41. The van der Waals surface area contributed by atoms with Gasteiger partial charge in [0.15, 0.2) is 10.8 Å². The molecule has 1 N–H and O–H groups in total. The number of hydrogen-bond acceptors (Lipinski definition) is 11. The number of pyridine rings is 1. The molecule has 3 aromatic carbocycles. The molecule has 4 heterocycles. The van der Waals surface area contributed by atoms with E-state index >= 15 is 0 Å². The van der Waals surface area contributed by atoms with Gasteiger partial charge in [-0.1, -0.05) is 47.7 Å². The van der Waals surface area contributed by atoms with Gasteiger partial charge in [0.25, 0.3) is 5.91 Å². The van der Waals surface area contributed by atoms with Crippen LogP contribution in [0.4, 0.5) is 10.9 Å². The van der Waals surface area contributed by atoms with Crippen LogP contribution >= 0.6 is 11.3 Å². The van der Waals surface area contributed by atoms with Gasteiger partial charge in [-0.2, -0.15) is 0 Å². The van der Waals surface area contributed by atoms with E-state index in [-0.39, 0.29) is 17.6 Å². The molecule has 12 heteroatoms. The summed E-state index contributed by atoms with van der Waals surface area (Å²) in [7, 11) is 0. The molecule has 0 radical (unpaired) electrons. The molecule has 1 spiro atoms. The summed E-state index contributed by atoms with van der Waals surface area (Å²) in [5.41, 5.74) is 5.87. The second kappa shape index (κ2) is 17.9. The Morgan fingerprint density at radius 3 is 2.51 bits per heavy atom. The fraction of sp³-hybridized carbons (Fsp3) is 0.449. The zero-order valence-electron chi connectivity index (χ0n) is 36.1. The van der Waals surface area contributed by atoms with Crippen LogP contribution in [0.2, 0.25) is 0 Å². The Morgan fingerprint density at radius 2 is 1.72 bits per heavy atom. The average molecular weight is 844 g/mol. The molecule has 0 unspecified atom stereocenters. The number of esters is 2. The lowest BCUT2D eigenvalue weighted by atomic mass is 9.76. The van der Waals surface area contributed by atoms with E-state index in [0.29, 0.717) is 66.3 Å². The fourth-order valence-electron chi connectivity index (χ4n) is 9.40. The molecule has 2 aliphatic heterocycles. The number of para-hydroxylation sites is 1. The summed E-state index contributed by atoms with van der Waals surface area (Å²) in [6, 6.07) is 23.6. The van der Waals surface area contributed by atoms with Gasteiger partial charge in [-0.05, 0) is 163 Å². The van der Waals surface area contributed by atoms with Crippen molar-refractivity contribution in [1.82, 2.24) is 14.9 Å². The van der Waals surface area contributed by atoms with E-state index in [9.17, 15) is 14.4 Å². The number of rotatable bonds is 12. The van der Waals surface area contributed by atoms with Gasteiger partial charge in [0.05, 0.1) is 30.0 Å². The second-order valence-corrected chi connectivity index (χ2v) is 18.9. The molecular weight excluding hydrogens is 787 g/mol. The van der Waals surface area contributed by atoms with E-state index in [1.807, 2.05) is 101 Å². The van der Waals surface area contributed by atoms with Crippen LogP contribution in [-0.4, -0.2) is 77.7 Å². The molecule has 3 aliphatic rings. The lowest BCUT2D eigenvalue weighted by Gasteiger charge is -2.39. The van der Waals surface area contributed by atoms with Gasteiger partial charge in [0, 0.05) is 24.2 Å². The largest absolute Gasteiger partial charge is 0.493 e. The summed E-state index contributed by atoms with van der Waals surface area (Å²) in [6.45, 7) is 13.9. The maximum Gasteiger partial charge on any atom is 0.358 e. The first-order chi connectivity index (χ1) is 29.4. The molecule has 2 fully saturated rings. The Hall–Kier alpha value is -5.33. The van der Waals surface area contributed by atoms with E-state index in [1.165, 1.54) is 30.6 Å². The first-order valence-electron chi connectivity index (χ1n) is 21.7. The lowest BCUT2D eigenvalue weighted by molar-refractivity contribution is -0.145. The Morgan fingerprint density at radius 1 is 0.918 bits per heavy atom. The number of fused-ring (bicyclic) bond motifs is 2. The predicted molar refractivity (Wildman–Crippen MR) is 241 cm³/mol. The highest BCUT2D eigenvalue weighted by molar-refractivity contribution is 7.22. The molecule has 1 saturated heterocycles. The van der Waals surface area contributed by atoms with Crippen LogP contribution in [0.5, 0.6) is 5.75 Å². The summed E-state index contributed by atoms with van der Waals surface area (Å²) in [4.78, 5) is 53.7. The van der Waals surface area contributed by atoms with Crippen molar-refractivity contribution in [1.29, 1.82) is 0 Å². The van der Waals surface area contributed by atoms with Crippen molar-refractivity contribution in [2.75, 3.05) is 49.6 Å². The van der Waals surface area contributed by atoms with Crippen LogP contribution in [0, 0.1) is 18.3 Å². The number of piperidine rings is 1. The minimum absolute atomic E-state index is 0.127. The maximum absolute atomic E-state index is 14.0. The Bertz CT molecular complexity index is 2380. The molecule has 0 bridgehead atoms. The van der Waals surface area contributed by atoms with Crippen LogP contribution in [0.1, 0.15) is 104 Å². The highest BCUT2D eigenvalue weighted by Crippen LogP contribution is 2.50. The molecule has 1 atom stereocenters. The van der Waals surface area contributed by atoms with Gasteiger partial charge in [-0.3, -0.25) is 19.8 Å². The zero-order chi connectivity index (χ0) is 42.7. The molecule has 320 valence electrons. The van der Waals surface area contributed by atoms with Crippen LogP contribution < -0.4 is 15.0 Å². The number of ether oxygens (including phenoxy) is 3. The van der Waals surface area contributed by atoms with Crippen molar-refractivity contribution >= 4 is 50.3 Å². The number of anilines is 2. The number of benzene rings is 3. The van der Waals surface area contributed by atoms with Gasteiger partial charge in [0.1, 0.15) is 17.2 Å². The third-order valence-corrected chi connectivity index (χ3v) is 13.5. The Kier molecular flexibility index (Phi) is 12.5. The number of aromatic nitrogens is 2. The average Bonchev–Trinajstić information content (AvgIpc) is 3.84. The highest BCUT2D eigenvalue weighted by Gasteiger charge is 2.41. The summed E-state index contributed by atoms with van der Waals surface area (Å²) < 4.78 is 18.6. The number of carbonyl (C=O) groups excluding carboxylic acids is 3. The van der Waals surface area contributed by atoms with Gasteiger partial charge >= 0.3 is 11.9 Å². The molecule has 1 aliphatic carbocycles. The minimum Gasteiger partial charge on any atom is -0.493 e. The first-order valence-corrected chi connectivity index (χ1v) is 22.6. The van der Waals surface area contributed by atoms with Crippen molar-refractivity contribution < 1.29 is 28.6 Å². The number of nitrogens with zero attached hydrogens (tertiary/aromatic N) is 4. The molecule has 61 heavy (non-hydrogen) atoms. The molecule has 2 aromatic heterocycles. The molecular formula is C49H57N5O6S. The van der Waals surface area contributed by atoms with Gasteiger partial charge < -0.3 is 19.1 Å². The van der Waals surface area contributed by atoms with Gasteiger partial charge in [-0.15, -0.1) is 0 Å². The van der Waals surface area contributed by atoms with Crippen LogP contribution in [-0.2, 0) is 27.2 Å². The van der Waals surface area contributed by atoms with Crippen LogP contribution in [0.3, 0.4) is 0 Å². The highest BCUT2D eigenvalue weighted by atomic mass is 32.1. The summed E-state index contributed by atoms with van der Waals surface area (Å²) >= 11 is 1.45. The molecule has 8 rings (SSSR count). The zero-order valence-corrected chi connectivity index (χ0v) is 36.9. The third-order valence-electron chi connectivity index (χ3n) is 12.6. The molecule has 1 saturated carbocycles. The molecule has 11 nitrogen and oxygen atoms in total. The van der Waals surface area contributed by atoms with Crippen molar-refractivity contribution in [3.05, 3.63) is 101 Å². The Labute approximate surface area is 362 Å². The number of thiazole rings is 1. The summed E-state index contributed by atoms with van der Waals surface area (Å²) in [5, 5.41) is 3.59. The monoisotopic (exact) mass is 843 g/mol. The first kappa shape index (κ1) is 42.4. The van der Waals surface area contributed by atoms with Crippen molar-refractivity contribution in [2.24, 2.45) is 11.3 Å². The quantitative estimate of drug-likeness (QED) is 0.122. The van der Waals surface area contributed by atoms with E-state index in [1.54, 1.807) is 0 Å². The van der Waals surface area contributed by atoms with Crippen molar-refractivity contribution in [2.45, 2.75) is 91.7 Å². The topological polar surface area (TPSA) is 123 Å². The van der Waals surface area contributed by atoms with E-state index in [2.05, 4.69) is 26.2 Å². The SMILES string of the molecule is CCOC(=O)CN1CCC2(CC[C@H](CCOc3cccc(-c4ccc(N5CCc6cccc(C(=O)Nc7nc8ccccc8s7)c6C5)nc4C(=O)OC(C)(C)C)c3C)C2)CC1. The summed E-state index contributed by atoms with van der Waals surface area (Å²) in [5.74, 6) is 1.22. The van der Waals surface area contributed by atoms with Gasteiger partial charge in [0.2, 0.25) is 0 Å². The summed E-state index contributed by atoms with van der Waals surface area (Å²) in [6.07, 6.45) is 7.63.